The van der Waals surface area contributed by atoms with Crippen molar-refractivity contribution in [1.29, 1.82) is 0 Å². The standard InChI is InChI=1S/C44H27NOS/c1-2-11-33(12-3-1)45(34-19-16-29(17-20-34)32-15-14-28-8-4-5-10-31(28)26-32)35-21-23-39-41(27-35)47-40-25-24-38-37-22-18-30-9-6-7-13-36(30)43(37)46-44(38)42(39)40/h1-27H. The van der Waals surface area contributed by atoms with Crippen LogP contribution >= 0.6 is 11.3 Å². The molecule has 220 valence electrons. The van der Waals surface area contributed by atoms with E-state index in [9.17, 15) is 0 Å². The van der Waals surface area contributed by atoms with Gasteiger partial charge in [0, 0.05) is 53.4 Å². The average Bonchev–Trinajstić information content (AvgIpc) is 3.70. The molecule has 0 N–H and O–H groups in total. The van der Waals surface area contributed by atoms with Crippen LogP contribution in [-0.2, 0) is 0 Å². The molecule has 0 aliphatic heterocycles. The van der Waals surface area contributed by atoms with Crippen LogP contribution in [0.1, 0.15) is 0 Å². The van der Waals surface area contributed by atoms with E-state index >= 15 is 0 Å². The van der Waals surface area contributed by atoms with E-state index in [4.69, 9.17) is 4.42 Å². The molecule has 8 aromatic carbocycles. The molecule has 47 heavy (non-hydrogen) atoms. The van der Waals surface area contributed by atoms with Crippen molar-refractivity contribution in [2.24, 2.45) is 0 Å². The van der Waals surface area contributed by atoms with Crippen LogP contribution in [0.5, 0.6) is 0 Å². The van der Waals surface area contributed by atoms with Gasteiger partial charge in [-0.05, 0) is 87.9 Å². The number of fused-ring (bicyclic) bond motifs is 10. The summed E-state index contributed by atoms with van der Waals surface area (Å²) in [4.78, 5) is 2.34. The zero-order valence-corrected chi connectivity index (χ0v) is 26.2. The van der Waals surface area contributed by atoms with Crippen LogP contribution in [0, 0.1) is 0 Å². The largest absolute Gasteiger partial charge is 0.455 e. The number of thiophene rings is 1. The lowest BCUT2D eigenvalue weighted by Gasteiger charge is -2.25. The summed E-state index contributed by atoms with van der Waals surface area (Å²) < 4.78 is 9.20. The predicted octanol–water partition coefficient (Wildman–Crippen LogP) is 13.4. The SMILES string of the molecule is c1ccc(N(c2ccc(-c3ccc4ccccc4c3)cc2)c2ccc3c(c2)sc2ccc4c5ccc6ccccc6c5oc4c23)cc1. The summed E-state index contributed by atoms with van der Waals surface area (Å²) in [6.45, 7) is 0. The summed E-state index contributed by atoms with van der Waals surface area (Å²) in [5.41, 5.74) is 7.72. The first-order valence-corrected chi connectivity index (χ1v) is 16.7. The van der Waals surface area contributed by atoms with Crippen molar-refractivity contribution in [2.75, 3.05) is 4.90 Å². The molecular formula is C44H27NOS. The molecule has 2 heterocycles. The van der Waals surface area contributed by atoms with Crippen molar-refractivity contribution in [1.82, 2.24) is 0 Å². The monoisotopic (exact) mass is 617 g/mol. The molecule has 0 aliphatic carbocycles. The van der Waals surface area contributed by atoms with Gasteiger partial charge in [-0.2, -0.15) is 0 Å². The molecule has 0 spiro atoms. The third-order valence-electron chi connectivity index (χ3n) is 9.43. The smallest absolute Gasteiger partial charge is 0.144 e. The fourth-order valence-electron chi connectivity index (χ4n) is 7.15. The number of rotatable bonds is 4. The highest BCUT2D eigenvalue weighted by Crippen LogP contribution is 2.45. The molecule has 0 bridgehead atoms. The van der Waals surface area contributed by atoms with Crippen LogP contribution in [0.25, 0.3) is 74.8 Å². The van der Waals surface area contributed by atoms with Crippen LogP contribution in [0.4, 0.5) is 17.1 Å². The Morgan fingerprint density at radius 3 is 1.89 bits per heavy atom. The van der Waals surface area contributed by atoms with E-state index in [-0.39, 0.29) is 0 Å². The molecule has 2 nitrogen and oxygen atoms in total. The van der Waals surface area contributed by atoms with Gasteiger partial charge >= 0.3 is 0 Å². The first-order chi connectivity index (χ1) is 23.3. The van der Waals surface area contributed by atoms with Crippen molar-refractivity contribution in [3.8, 4) is 11.1 Å². The molecule has 10 rings (SSSR count). The Bertz CT molecular complexity index is 2790. The maximum atomic E-state index is 6.73. The molecule has 0 fully saturated rings. The Kier molecular flexibility index (Phi) is 5.78. The number of nitrogens with zero attached hydrogens (tertiary/aromatic N) is 1. The van der Waals surface area contributed by atoms with Gasteiger partial charge in [-0.1, -0.05) is 103 Å². The summed E-state index contributed by atoms with van der Waals surface area (Å²) in [6, 6.07) is 59.0. The molecule has 0 amide bonds. The highest BCUT2D eigenvalue weighted by molar-refractivity contribution is 7.26. The lowest BCUT2D eigenvalue weighted by atomic mass is 10.0. The number of hydrogen-bond donors (Lipinski definition) is 0. The van der Waals surface area contributed by atoms with E-state index in [0.29, 0.717) is 0 Å². The third-order valence-corrected chi connectivity index (χ3v) is 10.5. The molecule has 0 saturated carbocycles. The van der Waals surface area contributed by atoms with E-state index in [1.807, 2.05) is 11.3 Å². The Labute approximate surface area is 275 Å². The van der Waals surface area contributed by atoms with Gasteiger partial charge in [0.15, 0.2) is 0 Å². The van der Waals surface area contributed by atoms with Gasteiger partial charge in [-0.25, -0.2) is 0 Å². The van der Waals surface area contributed by atoms with Gasteiger partial charge in [0.25, 0.3) is 0 Å². The van der Waals surface area contributed by atoms with Gasteiger partial charge in [-0.3, -0.25) is 0 Å². The van der Waals surface area contributed by atoms with Crippen LogP contribution < -0.4 is 4.90 Å². The van der Waals surface area contributed by atoms with Gasteiger partial charge < -0.3 is 9.32 Å². The van der Waals surface area contributed by atoms with Crippen molar-refractivity contribution < 1.29 is 4.42 Å². The third kappa shape index (κ3) is 4.17. The van der Waals surface area contributed by atoms with Crippen LogP contribution in [0.3, 0.4) is 0 Å². The van der Waals surface area contributed by atoms with Crippen molar-refractivity contribution in [3.05, 3.63) is 164 Å². The number of furan rings is 1. The fourth-order valence-corrected chi connectivity index (χ4v) is 8.28. The summed E-state index contributed by atoms with van der Waals surface area (Å²) in [7, 11) is 0. The lowest BCUT2D eigenvalue weighted by molar-refractivity contribution is 0.677. The minimum absolute atomic E-state index is 0.962. The number of anilines is 3. The fraction of sp³-hybridized carbons (Fsp3) is 0. The Balaban J connectivity index is 1.11. The number of para-hydroxylation sites is 1. The van der Waals surface area contributed by atoms with E-state index in [2.05, 4.69) is 169 Å². The topological polar surface area (TPSA) is 16.4 Å². The van der Waals surface area contributed by atoms with Gasteiger partial charge in [0.1, 0.15) is 11.2 Å². The Morgan fingerprint density at radius 2 is 1.02 bits per heavy atom. The average molecular weight is 618 g/mol. The van der Waals surface area contributed by atoms with E-state index in [1.54, 1.807) is 0 Å². The second-order valence-corrected chi connectivity index (χ2v) is 13.2. The zero-order chi connectivity index (χ0) is 30.9. The lowest BCUT2D eigenvalue weighted by Crippen LogP contribution is -2.09. The van der Waals surface area contributed by atoms with Crippen LogP contribution in [-0.4, -0.2) is 0 Å². The summed E-state index contributed by atoms with van der Waals surface area (Å²) >= 11 is 1.83. The normalized spacial score (nSPS) is 11.8. The van der Waals surface area contributed by atoms with E-state index in [1.165, 1.54) is 58.2 Å². The summed E-state index contributed by atoms with van der Waals surface area (Å²) in [6.07, 6.45) is 0. The summed E-state index contributed by atoms with van der Waals surface area (Å²) in [5.74, 6) is 0. The first kappa shape index (κ1) is 26.3. The maximum absolute atomic E-state index is 6.73. The van der Waals surface area contributed by atoms with E-state index < -0.39 is 0 Å². The van der Waals surface area contributed by atoms with Gasteiger partial charge in [0.05, 0.1) is 0 Å². The van der Waals surface area contributed by atoms with Crippen molar-refractivity contribution in [3.63, 3.8) is 0 Å². The second-order valence-electron chi connectivity index (χ2n) is 12.1. The molecule has 3 heteroatoms. The molecule has 0 unspecified atom stereocenters. The van der Waals surface area contributed by atoms with Crippen LogP contribution in [0.15, 0.2) is 168 Å². The number of benzene rings is 8. The highest BCUT2D eigenvalue weighted by atomic mass is 32.1. The molecule has 10 aromatic rings. The van der Waals surface area contributed by atoms with Crippen LogP contribution in [0.2, 0.25) is 0 Å². The minimum Gasteiger partial charge on any atom is -0.455 e. The van der Waals surface area contributed by atoms with E-state index in [0.717, 1.165) is 33.6 Å². The van der Waals surface area contributed by atoms with Crippen molar-refractivity contribution >= 4 is 92.1 Å². The number of hydrogen-bond acceptors (Lipinski definition) is 3. The quantitative estimate of drug-likeness (QED) is 0.195. The molecule has 0 radical (unpaired) electrons. The van der Waals surface area contributed by atoms with Gasteiger partial charge in [0.2, 0.25) is 0 Å². The Hall–Kier alpha value is -5.90. The zero-order valence-electron chi connectivity index (χ0n) is 25.4. The molecule has 0 saturated heterocycles. The molecular weight excluding hydrogens is 591 g/mol. The maximum Gasteiger partial charge on any atom is 0.144 e. The van der Waals surface area contributed by atoms with Gasteiger partial charge in [-0.15, -0.1) is 11.3 Å². The summed E-state index contributed by atoms with van der Waals surface area (Å²) in [5, 5.41) is 9.61. The highest BCUT2D eigenvalue weighted by Gasteiger charge is 2.19. The molecule has 0 atom stereocenters. The molecule has 2 aromatic heterocycles. The first-order valence-electron chi connectivity index (χ1n) is 15.9. The van der Waals surface area contributed by atoms with Crippen molar-refractivity contribution in [2.45, 2.75) is 0 Å². The predicted molar refractivity (Wildman–Crippen MR) is 202 cm³/mol. The molecule has 0 aliphatic rings. The second kappa shape index (κ2) is 10.3. The minimum atomic E-state index is 0.962. The Morgan fingerprint density at radius 1 is 0.383 bits per heavy atom.